The minimum atomic E-state index is -0.170. The molecule has 0 aromatic carbocycles. The van der Waals surface area contributed by atoms with E-state index in [1.807, 2.05) is 0 Å². The lowest BCUT2D eigenvalue weighted by Crippen LogP contribution is -2.55. The molecule has 0 aromatic heterocycles. The third-order valence-electron chi connectivity index (χ3n) is 3.92. The van der Waals surface area contributed by atoms with Gasteiger partial charge in [-0.25, -0.2) is 0 Å². The van der Waals surface area contributed by atoms with Crippen molar-refractivity contribution < 1.29 is 19.3 Å². The highest BCUT2D eigenvalue weighted by molar-refractivity contribution is 4.94. The summed E-state index contributed by atoms with van der Waals surface area (Å²) in [5.74, 6) is 0. The molecule has 5 heteroatoms. The van der Waals surface area contributed by atoms with Gasteiger partial charge in [-0.2, -0.15) is 0 Å². The zero-order valence-corrected chi connectivity index (χ0v) is 13.9. The van der Waals surface area contributed by atoms with E-state index in [0.717, 1.165) is 45.3 Å². The summed E-state index contributed by atoms with van der Waals surface area (Å²) in [6.45, 7) is 7.13. The predicted molar refractivity (Wildman–Crippen MR) is 83.6 cm³/mol. The Kier molecular flexibility index (Phi) is 9.44. The lowest BCUT2D eigenvalue weighted by Gasteiger charge is -2.41. The Morgan fingerprint density at radius 3 is 2.71 bits per heavy atom. The molecular weight excluding hydrogens is 270 g/mol. The Morgan fingerprint density at radius 2 is 2.05 bits per heavy atom. The van der Waals surface area contributed by atoms with E-state index >= 15 is 0 Å². The summed E-state index contributed by atoms with van der Waals surface area (Å²) >= 11 is 0. The quantitative estimate of drug-likeness (QED) is 0.569. The van der Waals surface area contributed by atoms with Crippen molar-refractivity contribution in [2.24, 2.45) is 0 Å². The molecule has 0 aromatic rings. The van der Waals surface area contributed by atoms with E-state index in [0.29, 0.717) is 19.3 Å². The summed E-state index contributed by atoms with van der Waals surface area (Å²) in [5, 5.41) is 13.3. The Morgan fingerprint density at radius 1 is 1.24 bits per heavy atom. The standard InChI is InChI=1S/C16H33NO4/c1-14(2)17-16(13-18)7-4-6-15(12-16)21-11-10-20-9-5-8-19-3/h14-15,17-18H,4-13H2,1-3H3. The van der Waals surface area contributed by atoms with Crippen molar-refractivity contribution in [1.82, 2.24) is 5.32 Å². The molecule has 5 nitrogen and oxygen atoms in total. The first-order chi connectivity index (χ1) is 10.1. The molecular formula is C16H33NO4. The van der Waals surface area contributed by atoms with Crippen LogP contribution in [0, 0.1) is 0 Å². The SMILES string of the molecule is COCCCOCCOC1CCCC(CO)(NC(C)C)C1. The van der Waals surface area contributed by atoms with Gasteiger partial charge in [0.05, 0.1) is 25.9 Å². The molecule has 2 atom stereocenters. The van der Waals surface area contributed by atoms with Crippen LogP contribution >= 0.6 is 0 Å². The summed E-state index contributed by atoms with van der Waals surface area (Å²) in [6.07, 6.45) is 5.22. The van der Waals surface area contributed by atoms with E-state index < -0.39 is 0 Å². The van der Waals surface area contributed by atoms with Crippen molar-refractivity contribution >= 4 is 0 Å². The van der Waals surface area contributed by atoms with Gasteiger partial charge in [0.25, 0.3) is 0 Å². The number of hydrogen-bond acceptors (Lipinski definition) is 5. The maximum Gasteiger partial charge on any atom is 0.0704 e. The van der Waals surface area contributed by atoms with E-state index in [4.69, 9.17) is 14.2 Å². The molecule has 2 N–H and O–H groups in total. The Bertz CT molecular complexity index is 263. The van der Waals surface area contributed by atoms with Gasteiger partial charge in [0, 0.05) is 31.9 Å². The average Bonchev–Trinajstić information content (AvgIpc) is 2.46. The molecule has 0 spiro atoms. The molecule has 1 fully saturated rings. The van der Waals surface area contributed by atoms with Crippen LogP contribution in [0.25, 0.3) is 0 Å². The van der Waals surface area contributed by atoms with Gasteiger partial charge in [0.1, 0.15) is 0 Å². The topological polar surface area (TPSA) is 60.0 Å². The van der Waals surface area contributed by atoms with Gasteiger partial charge < -0.3 is 24.6 Å². The second-order valence-corrected chi connectivity index (χ2v) is 6.29. The van der Waals surface area contributed by atoms with Crippen LogP contribution in [-0.2, 0) is 14.2 Å². The number of hydrogen-bond donors (Lipinski definition) is 2. The third-order valence-corrected chi connectivity index (χ3v) is 3.92. The number of aliphatic hydroxyl groups excluding tert-OH is 1. The summed E-state index contributed by atoms with van der Waals surface area (Å²) in [6, 6.07) is 0.375. The van der Waals surface area contributed by atoms with Crippen molar-refractivity contribution in [2.45, 2.75) is 63.6 Å². The molecule has 0 aliphatic heterocycles. The van der Waals surface area contributed by atoms with Crippen molar-refractivity contribution in [2.75, 3.05) is 40.1 Å². The molecule has 0 saturated heterocycles. The van der Waals surface area contributed by atoms with Crippen molar-refractivity contribution in [3.63, 3.8) is 0 Å². The van der Waals surface area contributed by atoms with Crippen LogP contribution in [0.1, 0.15) is 46.0 Å². The zero-order valence-electron chi connectivity index (χ0n) is 13.9. The Hall–Kier alpha value is -0.200. The molecule has 0 heterocycles. The molecule has 126 valence electrons. The van der Waals surface area contributed by atoms with Gasteiger partial charge in [-0.3, -0.25) is 0 Å². The second kappa shape index (κ2) is 10.5. The van der Waals surface area contributed by atoms with Gasteiger partial charge in [0.15, 0.2) is 0 Å². The van der Waals surface area contributed by atoms with Crippen molar-refractivity contribution in [1.29, 1.82) is 0 Å². The van der Waals surface area contributed by atoms with Crippen LogP contribution in [0.4, 0.5) is 0 Å². The van der Waals surface area contributed by atoms with Crippen LogP contribution in [0.5, 0.6) is 0 Å². The van der Waals surface area contributed by atoms with Crippen LogP contribution in [-0.4, -0.2) is 62.9 Å². The van der Waals surface area contributed by atoms with Crippen molar-refractivity contribution in [3.8, 4) is 0 Å². The monoisotopic (exact) mass is 303 g/mol. The van der Waals surface area contributed by atoms with Crippen LogP contribution in [0.3, 0.4) is 0 Å². The average molecular weight is 303 g/mol. The summed E-state index contributed by atoms with van der Waals surface area (Å²) < 4.78 is 16.4. The van der Waals surface area contributed by atoms with Gasteiger partial charge in [-0.1, -0.05) is 13.8 Å². The highest BCUT2D eigenvalue weighted by Crippen LogP contribution is 2.30. The fourth-order valence-electron chi connectivity index (χ4n) is 3.06. The minimum Gasteiger partial charge on any atom is -0.394 e. The number of aliphatic hydroxyl groups is 1. The van der Waals surface area contributed by atoms with E-state index in [-0.39, 0.29) is 18.2 Å². The smallest absolute Gasteiger partial charge is 0.0704 e. The van der Waals surface area contributed by atoms with Crippen LogP contribution in [0.2, 0.25) is 0 Å². The predicted octanol–water partition coefficient (Wildman–Crippen LogP) is 1.73. The van der Waals surface area contributed by atoms with Crippen LogP contribution < -0.4 is 5.32 Å². The van der Waals surface area contributed by atoms with Gasteiger partial charge in [-0.05, 0) is 32.1 Å². The first-order valence-corrected chi connectivity index (χ1v) is 8.19. The largest absolute Gasteiger partial charge is 0.394 e. The maximum atomic E-state index is 9.75. The molecule has 1 aliphatic carbocycles. The fourth-order valence-corrected chi connectivity index (χ4v) is 3.06. The molecule has 1 aliphatic rings. The van der Waals surface area contributed by atoms with Crippen molar-refractivity contribution in [3.05, 3.63) is 0 Å². The highest BCUT2D eigenvalue weighted by Gasteiger charge is 2.36. The van der Waals surface area contributed by atoms with Gasteiger partial charge >= 0.3 is 0 Å². The number of nitrogens with one attached hydrogen (secondary N) is 1. The van der Waals surface area contributed by atoms with E-state index in [2.05, 4.69) is 19.2 Å². The molecule has 1 saturated carbocycles. The summed E-state index contributed by atoms with van der Waals surface area (Å²) in [5.41, 5.74) is -0.170. The van der Waals surface area contributed by atoms with E-state index in [1.165, 1.54) is 0 Å². The van der Waals surface area contributed by atoms with Crippen LogP contribution in [0.15, 0.2) is 0 Å². The van der Waals surface area contributed by atoms with Gasteiger partial charge in [-0.15, -0.1) is 0 Å². The Labute approximate surface area is 129 Å². The van der Waals surface area contributed by atoms with Gasteiger partial charge in [0.2, 0.25) is 0 Å². The molecule has 0 bridgehead atoms. The molecule has 21 heavy (non-hydrogen) atoms. The summed E-state index contributed by atoms with van der Waals surface area (Å²) in [7, 11) is 1.70. The highest BCUT2D eigenvalue weighted by atomic mass is 16.5. The zero-order chi connectivity index (χ0) is 15.6. The molecule has 0 radical (unpaired) electrons. The number of rotatable bonds is 11. The first-order valence-electron chi connectivity index (χ1n) is 8.19. The normalized spacial score (nSPS) is 26.4. The van der Waals surface area contributed by atoms with E-state index in [9.17, 15) is 5.11 Å². The molecule has 2 unspecified atom stereocenters. The first kappa shape index (κ1) is 18.8. The lowest BCUT2D eigenvalue weighted by molar-refractivity contribution is -0.0403. The number of ether oxygens (including phenoxy) is 3. The third kappa shape index (κ3) is 7.56. The lowest BCUT2D eigenvalue weighted by atomic mass is 9.80. The summed E-state index contributed by atoms with van der Waals surface area (Å²) in [4.78, 5) is 0. The maximum absolute atomic E-state index is 9.75. The Balaban J connectivity index is 2.20. The second-order valence-electron chi connectivity index (χ2n) is 6.29. The molecule has 1 rings (SSSR count). The fraction of sp³-hybridized carbons (Fsp3) is 1.00. The van der Waals surface area contributed by atoms with E-state index in [1.54, 1.807) is 7.11 Å². The minimum absolute atomic E-state index is 0.170. The molecule has 0 amide bonds. The number of methoxy groups -OCH3 is 1.